The van der Waals surface area contributed by atoms with E-state index in [0.717, 1.165) is 41.6 Å². The number of para-hydroxylation sites is 1. The molecule has 0 spiro atoms. The van der Waals surface area contributed by atoms with Crippen molar-refractivity contribution in [2.75, 3.05) is 6.61 Å². The van der Waals surface area contributed by atoms with Crippen molar-refractivity contribution in [2.45, 2.75) is 43.3 Å². The molecule has 3 heterocycles. The number of aryl methyl sites for hydroxylation is 1. The highest BCUT2D eigenvalue weighted by molar-refractivity contribution is 7.98. The Labute approximate surface area is 159 Å². The van der Waals surface area contributed by atoms with Crippen molar-refractivity contribution in [2.24, 2.45) is 0 Å². The molecule has 136 valence electrons. The normalized spacial score (nSPS) is 17.2. The van der Waals surface area contributed by atoms with Gasteiger partial charge in [0.25, 0.3) is 0 Å². The Morgan fingerprint density at radius 2 is 2.27 bits per heavy atom. The van der Waals surface area contributed by atoms with Crippen LogP contribution in [0.5, 0.6) is 0 Å². The smallest absolute Gasteiger partial charge is 0.344 e. The number of hydrogen-bond donors (Lipinski definition) is 1. The number of H-pyrrole nitrogens is 1. The van der Waals surface area contributed by atoms with E-state index in [0.29, 0.717) is 22.5 Å². The van der Waals surface area contributed by atoms with Gasteiger partial charge in [0.15, 0.2) is 5.16 Å². The van der Waals surface area contributed by atoms with Gasteiger partial charge in [-0.05, 0) is 31.4 Å². The number of pyridine rings is 1. The Morgan fingerprint density at radius 1 is 1.42 bits per heavy atom. The second-order valence-electron chi connectivity index (χ2n) is 6.36. The first-order chi connectivity index (χ1) is 12.6. The molecule has 1 fully saturated rings. The number of thioether (sulfide) groups is 1. The van der Waals surface area contributed by atoms with Crippen molar-refractivity contribution in [3.8, 4) is 0 Å². The molecule has 0 bridgehead atoms. The van der Waals surface area contributed by atoms with Crippen LogP contribution in [0.15, 0.2) is 34.2 Å². The summed E-state index contributed by atoms with van der Waals surface area (Å²) in [4.78, 5) is 16.8. The van der Waals surface area contributed by atoms with Crippen molar-refractivity contribution in [3.63, 3.8) is 0 Å². The molecule has 1 unspecified atom stereocenters. The minimum absolute atomic E-state index is 0.0780. The second kappa shape index (κ2) is 7.42. The Bertz CT molecular complexity index is 995. The Balaban J connectivity index is 1.57. The predicted molar refractivity (Wildman–Crippen MR) is 103 cm³/mol. The molecule has 0 radical (unpaired) electrons. The number of hydrogen-bond acceptors (Lipinski definition) is 5. The zero-order chi connectivity index (χ0) is 18.1. The number of nitrogens with zero attached hydrogens (tertiary/aromatic N) is 3. The van der Waals surface area contributed by atoms with E-state index >= 15 is 0 Å². The molecule has 1 saturated heterocycles. The van der Waals surface area contributed by atoms with E-state index in [2.05, 4.69) is 15.2 Å². The molecule has 0 amide bonds. The van der Waals surface area contributed by atoms with Crippen LogP contribution in [0.1, 0.15) is 24.1 Å². The minimum Gasteiger partial charge on any atom is -0.376 e. The number of halogens is 1. The van der Waals surface area contributed by atoms with Crippen LogP contribution in [0.2, 0.25) is 5.02 Å². The molecule has 3 aromatic rings. The van der Waals surface area contributed by atoms with Crippen molar-refractivity contribution in [1.82, 2.24) is 19.7 Å². The highest BCUT2D eigenvalue weighted by Crippen LogP contribution is 2.30. The summed E-state index contributed by atoms with van der Waals surface area (Å²) in [5.41, 5.74) is 2.53. The SMILES string of the molecule is Cc1c(Cl)c(CSc2n[nH]c(=O)n2CC2CCCO2)nc2ccccc12. The number of nitrogens with one attached hydrogen (secondary N) is 1. The van der Waals surface area contributed by atoms with Crippen LogP contribution in [0.25, 0.3) is 10.9 Å². The van der Waals surface area contributed by atoms with Crippen molar-refractivity contribution >= 4 is 34.3 Å². The summed E-state index contributed by atoms with van der Waals surface area (Å²) in [5.74, 6) is 0.542. The summed E-state index contributed by atoms with van der Waals surface area (Å²) < 4.78 is 7.28. The number of aromatic amines is 1. The van der Waals surface area contributed by atoms with E-state index < -0.39 is 0 Å². The van der Waals surface area contributed by atoms with E-state index in [-0.39, 0.29) is 11.8 Å². The number of fused-ring (bicyclic) bond motifs is 1. The van der Waals surface area contributed by atoms with Crippen LogP contribution in [-0.4, -0.2) is 32.5 Å². The molecule has 1 atom stereocenters. The first-order valence-electron chi connectivity index (χ1n) is 8.57. The maximum absolute atomic E-state index is 12.1. The molecule has 1 aliphatic heterocycles. The van der Waals surface area contributed by atoms with Crippen molar-refractivity contribution in [3.05, 3.63) is 51.0 Å². The van der Waals surface area contributed by atoms with Gasteiger partial charge in [-0.1, -0.05) is 41.6 Å². The van der Waals surface area contributed by atoms with Gasteiger partial charge in [-0.3, -0.25) is 9.55 Å². The molecular weight excluding hydrogens is 372 g/mol. The average Bonchev–Trinajstić information content (AvgIpc) is 3.28. The minimum atomic E-state index is -0.211. The third-order valence-electron chi connectivity index (χ3n) is 4.62. The first-order valence-corrected chi connectivity index (χ1v) is 9.93. The lowest BCUT2D eigenvalue weighted by Crippen LogP contribution is -2.25. The molecular formula is C18H19ClN4O2S. The molecule has 4 rings (SSSR count). The van der Waals surface area contributed by atoms with E-state index in [9.17, 15) is 4.79 Å². The summed E-state index contributed by atoms with van der Waals surface area (Å²) >= 11 is 7.98. The van der Waals surface area contributed by atoms with Crippen molar-refractivity contribution in [1.29, 1.82) is 0 Å². The maximum atomic E-state index is 12.1. The Kier molecular flexibility index (Phi) is 5.02. The largest absolute Gasteiger partial charge is 0.376 e. The second-order valence-corrected chi connectivity index (χ2v) is 7.68. The Morgan fingerprint density at radius 3 is 3.08 bits per heavy atom. The lowest BCUT2D eigenvalue weighted by atomic mass is 10.1. The Hall–Kier alpha value is -1.83. The quantitative estimate of drug-likeness (QED) is 0.674. The van der Waals surface area contributed by atoms with Crippen LogP contribution in [0.3, 0.4) is 0 Å². The number of aromatic nitrogens is 4. The molecule has 6 nitrogen and oxygen atoms in total. The van der Waals surface area contributed by atoms with Gasteiger partial charge >= 0.3 is 5.69 Å². The molecule has 8 heteroatoms. The number of rotatable bonds is 5. The molecule has 1 aromatic carbocycles. The van der Waals surface area contributed by atoms with E-state index in [4.69, 9.17) is 16.3 Å². The van der Waals surface area contributed by atoms with E-state index in [1.165, 1.54) is 11.8 Å². The lowest BCUT2D eigenvalue weighted by molar-refractivity contribution is 0.0941. The fourth-order valence-electron chi connectivity index (χ4n) is 3.21. The zero-order valence-corrected chi connectivity index (χ0v) is 15.9. The molecule has 1 aliphatic rings. The lowest BCUT2D eigenvalue weighted by Gasteiger charge is -2.12. The standard InChI is InChI=1S/C18H19ClN4O2S/c1-11-13-6-2-3-7-14(13)20-15(16(11)19)10-26-18-22-21-17(24)23(18)9-12-5-4-8-25-12/h2-3,6-7,12H,4-5,8-10H2,1H3,(H,21,24). The number of ether oxygens (including phenoxy) is 1. The topological polar surface area (TPSA) is 72.8 Å². The van der Waals surface area contributed by atoms with Crippen LogP contribution in [0, 0.1) is 6.92 Å². The molecule has 0 aliphatic carbocycles. The highest BCUT2D eigenvalue weighted by Gasteiger charge is 2.20. The zero-order valence-electron chi connectivity index (χ0n) is 14.4. The van der Waals surface area contributed by atoms with Gasteiger partial charge in [0, 0.05) is 17.7 Å². The summed E-state index contributed by atoms with van der Waals surface area (Å²) in [5, 5.41) is 9.04. The average molecular weight is 391 g/mol. The van der Waals surface area contributed by atoms with Crippen molar-refractivity contribution < 1.29 is 4.74 Å². The highest BCUT2D eigenvalue weighted by atomic mass is 35.5. The summed E-state index contributed by atoms with van der Waals surface area (Å²) in [6.07, 6.45) is 2.09. The third-order valence-corrected chi connectivity index (χ3v) is 6.11. The van der Waals surface area contributed by atoms with Crippen LogP contribution in [0.4, 0.5) is 0 Å². The van der Waals surface area contributed by atoms with Crippen LogP contribution < -0.4 is 5.69 Å². The summed E-state index contributed by atoms with van der Waals surface area (Å²) in [6.45, 7) is 3.29. The van der Waals surface area contributed by atoms with Gasteiger partial charge in [-0.15, -0.1) is 5.10 Å². The van der Waals surface area contributed by atoms with Gasteiger partial charge < -0.3 is 4.74 Å². The fourth-order valence-corrected chi connectivity index (χ4v) is 4.40. The fraction of sp³-hybridized carbons (Fsp3) is 0.389. The maximum Gasteiger partial charge on any atom is 0.344 e. The van der Waals surface area contributed by atoms with Gasteiger partial charge in [-0.25, -0.2) is 9.89 Å². The van der Waals surface area contributed by atoms with Gasteiger partial charge in [-0.2, -0.15) is 0 Å². The van der Waals surface area contributed by atoms with Crippen LogP contribution >= 0.6 is 23.4 Å². The summed E-state index contributed by atoms with van der Waals surface area (Å²) in [7, 11) is 0. The van der Waals surface area contributed by atoms with E-state index in [1.54, 1.807) is 4.57 Å². The van der Waals surface area contributed by atoms with Gasteiger partial charge in [0.1, 0.15) is 0 Å². The molecule has 0 saturated carbocycles. The first kappa shape index (κ1) is 17.6. The van der Waals surface area contributed by atoms with Gasteiger partial charge in [0.2, 0.25) is 0 Å². The number of benzene rings is 1. The van der Waals surface area contributed by atoms with E-state index in [1.807, 2.05) is 31.2 Å². The molecule has 1 N–H and O–H groups in total. The molecule has 26 heavy (non-hydrogen) atoms. The molecule has 2 aromatic heterocycles. The predicted octanol–water partition coefficient (Wildman–Crippen LogP) is 3.55. The monoisotopic (exact) mass is 390 g/mol. The van der Waals surface area contributed by atoms with Crippen LogP contribution in [-0.2, 0) is 17.0 Å². The van der Waals surface area contributed by atoms with Gasteiger partial charge in [0.05, 0.1) is 28.9 Å². The summed E-state index contributed by atoms with van der Waals surface area (Å²) in [6, 6.07) is 7.95. The third kappa shape index (κ3) is 3.39.